The summed E-state index contributed by atoms with van der Waals surface area (Å²) < 4.78 is 0. The molecule has 0 amide bonds. The molecule has 92 valence electrons. The second kappa shape index (κ2) is 8.58. The summed E-state index contributed by atoms with van der Waals surface area (Å²) in [7, 11) is -1.37. The van der Waals surface area contributed by atoms with Crippen molar-refractivity contribution >= 4 is 8.07 Å². The highest BCUT2D eigenvalue weighted by atomic mass is 28.3. The number of nitrogens with zero attached hydrogens (tertiary/aromatic N) is 1. The van der Waals surface area contributed by atoms with E-state index in [2.05, 4.69) is 38.7 Å². The first-order valence-electron chi connectivity index (χ1n) is 6.63. The lowest BCUT2D eigenvalue weighted by Gasteiger charge is -2.14. The van der Waals surface area contributed by atoms with Gasteiger partial charge < -0.3 is 0 Å². The van der Waals surface area contributed by atoms with E-state index in [1.54, 1.807) is 0 Å². The molecule has 0 radical (unpaired) electrons. The van der Waals surface area contributed by atoms with E-state index in [-0.39, 0.29) is 0 Å². The van der Waals surface area contributed by atoms with Crippen LogP contribution in [0.4, 0.5) is 0 Å². The van der Waals surface area contributed by atoms with Crippen molar-refractivity contribution in [2.75, 3.05) is 0 Å². The van der Waals surface area contributed by atoms with Crippen LogP contribution in [0.15, 0.2) is 11.3 Å². The predicted molar refractivity (Wildman–Crippen MR) is 75.0 cm³/mol. The largest absolute Gasteiger partial charge is 0.193 e. The number of hydrogen-bond donors (Lipinski definition) is 0. The Labute approximate surface area is 103 Å². The molecule has 2 heteroatoms. The maximum absolute atomic E-state index is 9.05. The highest BCUT2D eigenvalue weighted by Gasteiger charge is 2.18. The van der Waals surface area contributed by atoms with Gasteiger partial charge in [-0.15, -0.1) is 0 Å². The Kier molecular flexibility index (Phi) is 8.29. The van der Waals surface area contributed by atoms with E-state index in [0.717, 1.165) is 11.6 Å². The van der Waals surface area contributed by atoms with E-state index in [1.807, 2.05) is 0 Å². The zero-order chi connectivity index (χ0) is 12.4. The van der Waals surface area contributed by atoms with Gasteiger partial charge in [0.25, 0.3) is 0 Å². The topological polar surface area (TPSA) is 23.8 Å². The molecule has 0 bridgehead atoms. The van der Waals surface area contributed by atoms with E-state index in [0.29, 0.717) is 0 Å². The summed E-state index contributed by atoms with van der Waals surface area (Å²) in [4.78, 5) is 0. The molecular weight excluding hydrogens is 210 g/mol. The van der Waals surface area contributed by atoms with Crippen molar-refractivity contribution in [1.82, 2.24) is 0 Å². The third-order valence-electron chi connectivity index (χ3n) is 2.83. The summed E-state index contributed by atoms with van der Waals surface area (Å²) in [5.74, 6) is 0. The quantitative estimate of drug-likeness (QED) is 0.329. The minimum Gasteiger partial charge on any atom is -0.193 e. The van der Waals surface area contributed by atoms with Crippen LogP contribution < -0.4 is 0 Å². The molecule has 0 N–H and O–H groups in total. The maximum Gasteiger partial charge on any atom is 0.0907 e. The lowest BCUT2D eigenvalue weighted by atomic mass is 10.1. The Morgan fingerprint density at radius 3 is 2.12 bits per heavy atom. The lowest BCUT2D eigenvalue weighted by Crippen LogP contribution is -2.22. The van der Waals surface area contributed by atoms with Gasteiger partial charge in [-0.25, -0.2) is 0 Å². The highest BCUT2D eigenvalue weighted by molar-refractivity contribution is 6.84. The molecule has 0 aliphatic carbocycles. The summed E-state index contributed by atoms with van der Waals surface area (Å²) in [6, 6.07) is 2.38. The number of nitriles is 1. The van der Waals surface area contributed by atoms with Gasteiger partial charge in [0, 0.05) is 5.20 Å². The molecule has 0 aromatic carbocycles. The fourth-order valence-corrected chi connectivity index (χ4v) is 2.78. The lowest BCUT2D eigenvalue weighted by molar-refractivity contribution is 0.611. The van der Waals surface area contributed by atoms with E-state index < -0.39 is 8.07 Å². The van der Waals surface area contributed by atoms with E-state index in [4.69, 9.17) is 5.26 Å². The molecule has 0 aromatic heterocycles. The van der Waals surface area contributed by atoms with Gasteiger partial charge in [-0.3, -0.25) is 0 Å². The SMILES string of the molecule is CCCCCCCC/C=C(/C#N)[Si](C)(C)C. The molecule has 0 heterocycles. The molecule has 0 unspecified atom stereocenters. The van der Waals surface area contributed by atoms with Gasteiger partial charge in [-0.05, 0) is 12.8 Å². The van der Waals surface area contributed by atoms with Gasteiger partial charge in [-0.1, -0.05) is 64.7 Å². The molecule has 0 atom stereocenters. The van der Waals surface area contributed by atoms with Gasteiger partial charge in [0.1, 0.15) is 0 Å². The van der Waals surface area contributed by atoms with Crippen LogP contribution in [0.1, 0.15) is 51.9 Å². The first-order valence-corrected chi connectivity index (χ1v) is 10.1. The van der Waals surface area contributed by atoms with E-state index in [1.165, 1.54) is 38.5 Å². The van der Waals surface area contributed by atoms with Crippen molar-refractivity contribution in [3.63, 3.8) is 0 Å². The number of rotatable bonds is 8. The summed E-state index contributed by atoms with van der Waals surface area (Å²) >= 11 is 0. The molecule has 0 saturated heterocycles. The minimum absolute atomic E-state index is 1.07. The standard InChI is InChI=1S/C14H27NSi/c1-5-6-7-8-9-10-11-12-14(13-15)16(2,3)4/h12H,5-11H2,1-4H3/b14-12-. The average molecular weight is 237 g/mol. The van der Waals surface area contributed by atoms with E-state index in [9.17, 15) is 0 Å². The molecule has 0 spiro atoms. The molecule has 1 nitrogen and oxygen atoms in total. The molecule has 0 aliphatic rings. The molecule has 16 heavy (non-hydrogen) atoms. The van der Waals surface area contributed by atoms with E-state index >= 15 is 0 Å². The summed E-state index contributed by atoms with van der Waals surface area (Å²) in [6.45, 7) is 8.96. The fourth-order valence-electron chi connectivity index (χ4n) is 1.69. The van der Waals surface area contributed by atoms with Crippen molar-refractivity contribution in [3.8, 4) is 6.07 Å². The highest BCUT2D eigenvalue weighted by Crippen LogP contribution is 2.15. The third-order valence-corrected chi connectivity index (χ3v) is 4.77. The normalized spacial score (nSPS) is 12.6. The average Bonchev–Trinajstić information content (AvgIpc) is 2.20. The van der Waals surface area contributed by atoms with Crippen molar-refractivity contribution in [2.24, 2.45) is 0 Å². The second-order valence-corrected chi connectivity index (χ2v) is 10.6. The fraction of sp³-hybridized carbons (Fsp3) is 0.786. The van der Waals surface area contributed by atoms with Crippen molar-refractivity contribution in [2.45, 2.75) is 71.5 Å². The zero-order valence-corrected chi connectivity index (χ0v) is 12.5. The Balaban J connectivity index is 3.70. The van der Waals surface area contributed by atoms with Gasteiger partial charge in [0.05, 0.1) is 14.1 Å². The van der Waals surface area contributed by atoms with Gasteiger partial charge in [0.2, 0.25) is 0 Å². The van der Waals surface area contributed by atoms with Crippen LogP contribution in [0.2, 0.25) is 19.6 Å². The Morgan fingerprint density at radius 2 is 1.62 bits per heavy atom. The Hall–Kier alpha value is -0.553. The van der Waals surface area contributed by atoms with Crippen molar-refractivity contribution in [3.05, 3.63) is 11.3 Å². The number of unbranched alkanes of at least 4 members (excludes halogenated alkanes) is 6. The predicted octanol–water partition coefficient (Wildman–Crippen LogP) is 5.06. The summed E-state index contributed by atoms with van der Waals surface area (Å²) in [5.41, 5.74) is 0. The molecule has 0 aliphatic heterocycles. The van der Waals surface area contributed by atoms with Crippen LogP contribution in [0.3, 0.4) is 0 Å². The molecular formula is C14H27NSi. The van der Waals surface area contributed by atoms with Crippen LogP contribution in [0.5, 0.6) is 0 Å². The van der Waals surface area contributed by atoms with Gasteiger partial charge in [-0.2, -0.15) is 5.26 Å². The Morgan fingerprint density at radius 1 is 1.06 bits per heavy atom. The van der Waals surface area contributed by atoms with Crippen LogP contribution in [0, 0.1) is 11.3 Å². The van der Waals surface area contributed by atoms with Crippen molar-refractivity contribution < 1.29 is 0 Å². The zero-order valence-electron chi connectivity index (χ0n) is 11.5. The second-order valence-electron chi connectivity index (χ2n) is 5.54. The summed E-state index contributed by atoms with van der Waals surface area (Å²) in [5, 5.41) is 10.1. The molecule has 0 fully saturated rings. The number of allylic oxidation sites excluding steroid dienone is 2. The Bertz CT molecular complexity index is 242. The molecule has 0 aromatic rings. The minimum atomic E-state index is -1.37. The van der Waals surface area contributed by atoms with Crippen molar-refractivity contribution in [1.29, 1.82) is 5.26 Å². The smallest absolute Gasteiger partial charge is 0.0907 e. The van der Waals surface area contributed by atoms with Crippen LogP contribution in [-0.4, -0.2) is 8.07 Å². The van der Waals surface area contributed by atoms with Crippen LogP contribution >= 0.6 is 0 Å². The number of hydrogen-bond acceptors (Lipinski definition) is 1. The first-order chi connectivity index (χ1) is 7.52. The molecule has 0 saturated carbocycles. The van der Waals surface area contributed by atoms with Gasteiger partial charge >= 0.3 is 0 Å². The molecule has 0 rings (SSSR count). The monoisotopic (exact) mass is 237 g/mol. The van der Waals surface area contributed by atoms with Crippen LogP contribution in [-0.2, 0) is 0 Å². The third kappa shape index (κ3) is 7.70. The van der Waals surface area contributed by atoms with Crippen LogP contribution in [0.25, 0.3) is 0 Å². The van der Waals surface area contributed by atoms with Gasteiger partial charge in [0.15, 0.2) is 0 Å². The summed E-state index contributed by atoms with van der Waals surface area (Å²) in [6.07, 6.45) is 11.3. The maximum atomic E-state index is 9.05. The first kappa shape index (κ1) is 15.4.